The average molecular weight is 602 g/mol. The minimum atomic E-state index is -1.43. The van der Waals surface area contributed by atoms with Crippen molar-refractivity contribution in [2.45, 2.75) is 105 Å². The van der Waals surface area contributed by atoms with Gasteiger partial charge in [-0.05, 0) is 73.5 Å². The van der Waals surface area contributed by atoms with Crippen molar-refractivity contribution in [1.82, 2.24) is 5.32 Å². The lowest BCUT2D eigenvalue weighted by Gasteiger charge is -2.57. The molecule has 1 N–H and O–H groups in total. The molecular formula is C33H47NO9. The summed E-state index contributed by atoms with van der Waals surface area (Å²) >= 11 is 0. The van der Waals surface area contributed by atoms with Crippen molar-refractivity contribution in [3.63, 3.8) is 0 Å². The first-order valence-corrected chi connectivity index (χ1v) is 15.5. The monoisotopic (exact) mass is 601 g/mol. The van der Waals surface area contributed by atoms with Crippen LogP contribution in [0.4, 0.5) is 0 Å². The highest BCUT2D eigenvalue weighted by molar-refractivity contribution is 5.89. The zero-order valence-corrected chi connectivity index (χ0v) is 26.4. The molecule has 10 heteroatoms. The largest absolute Gasteiger partial charge is 0.463 e. The molecular weight excluding hydrogens is 554 g/mol. The molecule has 0 unspecified atom stereocenters. The first-order valence-electron chi connectivity index (χ1n) is 15.5. The van der Waals surface area contributed by atoms with Crippen molar-refractivity contribution >= 4 is 29.8 Å². The molecule has 238 valence electrons. The number of fused-ring (bicyclic) bond motifs is 5. The molecule has 4 rings (SSSR count). The highest BCUT2D eigenvalue weighted by Crippen LogP contribution is 2.66. The Morgan fingerprint density at radius 1 is 0.837 bits per heavy atom. The van der Waals surface area contributed by atoms with Crippen molar-refractivity contribution in [3.8, 4) is 0 Å². The number of amides is 1. The van der Waals surface area contributed by atoms with E-state index in [2.05, 4.69) is 25.2 Å². The van der Waals surface area contributed by atoms with Crippen LogP contribution in [0.3, 0.4) is 0 Å². The number of carbonyl (C=O) groups is 5. The number of carbonyl (C=O) groups excluding carboxylic acids is 5. The van der Waals surface area contributed by atoms with E-state index in [0.29, 0.717) is 17.8 Å². The van der Waals surface area contributed by atoms with E-state index in [4.69, 9.17) is 18.9 Å². The van der Waals surface area contributed by atoms with Crippen molar-refractivity contribution < 1.29 is 42.9 Å². The number of hydrogen-bond donors (Lipinski definition) is 1. The smallest absolute Gasteiger partial charge is 0.302 e. The van der Waals surface area contributed by atoms with Crippen molar-refractivity contribution in [2.24, 2.45) is 28.6 Å². The Morgan fingerprint density at radius 2 is 1.40 bits per heavy atom. The Morgan fingerprint density at radius 3 is 1.95 bits per heavy atom. The van der Waals surface area contributed by atoms with E-state index in [1.807, 2.05) is 0 Å². The molecule has 43 heavy (non-hydrogen) atoms. The van der Waals surface area contributed by atoms with E-state index in [1.165, 1.54) is 33.3 Å². The summed E-state index contributed by atoms with van der Waals surface area (Å²) in [7, 11) is 0. The zero-order valence-electron chi connectivity index (χ0n) is 26.4. The Hall–Kier alpha value is -3.17. The van der Waals surface area contributed by atoms with Crippen molar-refractivity contribution in [3.05, 3.63) is 23.3 Å². The van der Waals surface area contributed by atoms with Gasteiger partial charge in [0.25, 0.3) is 0 Å². The molecule has 0 radical (unpaired) electrons. The maximum atomic E-state index is 13.5. The van der Waals surface area contributed by atoms with Crippen molar-refractivity contribution in [2.75, 3.05) is 19.8 Å². The molecule has 4 aliphatic carbocycles. The normalized spacial score (nSPS) is 32.3. The third-order valence-electron chi connectivity index (χ3n) is 10.6. The zero-order chi connectivity index (χ0) is 31.6. The maximum Gasteiger partial charge on any atom is 0.302 e. The Kier molecular flexibility index (Phi) is 9.76. The van der Waals surface area contributed by atoms with Gasteiger partial charge in [0.2, 0.25) is 5.91 Å². The van der Waals surface area contributed by atoms with E-state index in [1.54, 1.807) is 6.08 Å². The quantitative estimate of drug-likeness (QED) is 0.177. The van der Waals surface area contributed by atoms with E-state index in [0.717, 1.165) is 56.9 Å². The second-order valence-corrected chi connectivity index (χ2v) is 13.5. The fraction of sp³-hybridized carbons (Fsp3) is 0.727. The van der Waals surface area contributed by atoms with Gasteiger partial charge >= 0.3 is 23.9 Å². The summed E-state index contributed by atoms with van der Waals surface area (Å²) in [5.41, 5.74) is 1.08. The highest BCUT2D eigenvalue weighted by atomic mass is 16.6. The first-order chi connectivity index (χ1) is 20.2. The molecule has 0 aromatic heterocycles. The number of allylic oxidation sites excluding steroid dienone is 2. The number of rotatable bonds is 9. The number of ether oxygens (including phenoxy) is 4. The molecule has 0 spiro atoms. The summed E-state index contributed by atoms with van der Waals surface area (Å²) in [6.07, 6.45) is 11.6. The molecule has 0 aromatic rings. The van der Waals surface area contributed by atoms with Gasteiger partial charge in [0.1, 0.15) is 31.5 Å². The summed E-state index contributed by atoms with van der Waals surface area (Å²) in [6, 6.07) is 0. The van der Waals surface area contributed by atoms with Crippen LogP contribution in [-0.4, -0.2) is 61.2 Å². The van der Waals surface area contributed by atoms with Crippen molar-refractivity contribution in [1.29, 1.82) is 0 Å². The molecule has 0 heterocycles. The predicted octanol–water partition coefficient (Wildman–Crippen LogP) is 4.35. The van der Waals surface area contributed by atoms with Crippen LogP contribution in [0.2, 0.25) is 0 Å². The molecule has 4 aliphatic rings. The number of esters is 4. The Bertz CT molecular complexity index is 1160. The van der Waals surface area contributed by atoms with Gasteiger partial charge < -0.3 is 24.3 Å². The molecule has 0 aliphatic heterocycles. The molecule has 3 fully saturated rings. The van der Waals surface area contributed by atoms with Crippen LogP contribution in [0.25, 0.3) is 0 Å². The van der Waals surface area contributed by atoms with E-state index < -0.39 is 29.4 Å². The fourth-order valence-electron chi connectivity index (χ4n) is 8.46. The minimum Gasteiger partial charge on any atom is -0.463 e. The summed E-state index contributed by atoms with van der Waals surface area (Å²) in [6.45, 7) is 8.88. The second kappa shape index (κ2) is 12.8. The van der Waals surface area contributed by atoms with Gasteiger partial charge in [0.15, 0.2) is 0 Å². The lowest BCUT2D eigenvalue weighted by atomic mass is 9.48. The van der Waals surface area contributed by atoms with Crippen LogP contribution < -0.4 is 5.32 Å². The molecule has 0 saturated heterocycles. The lowest BCUT2D eigenvalue weighted by Crippen LogP contribution is -2.59. The van der Waals surface area contributed by atoms with Crippen LogP contribution in [0, 0.1) is 28.6 Å². The van der Waals surface area contributed by atoms with Gasteiger partial charge in [-0.15, -0.1) is 0 Å². The predicted molar refractivity (Wildman–Crippen MR) is 156 cm³/mol. The standard InChI is InChI=1S/C33H47NO9/c1-20(35)40-17-33(18-41-21(2)36,19-42-22(3)37)34-30(39)16-25-8-10-28-27-9-7-24-15-26(43-23(4)38)11-13-31(24,5)29(27)12-14-32(25,28)6/h7,16,26-29H,8-15,17-19H2,1-6H3,(H,34,39)/b25-16-/t26-,27-,28-,29-,31-,32+/m0/s1. The third kappa shape index (κ3) is 7.15. The molecule has 6 atom stereocenters. The summed E-state index contributed by atoms with van der Waals surface area (Å²) in [5.74, 6) is -0.849. The highest BCUT2D eigenvalue weighted by Gasteiger charge is 2.57. The van der Waals surface area contributed by atoms with Gasteiger partial charge in [-0.25, -0.2) is 0 Å². The topological polar surface area (TPSA) is 134 Å². The maximum absolute atomic E-state index is 13.5. The van der Waals surface area contributed by atoms with E-state index >= 15 is 0 Å². The van der Waals surface area contributed by atoms with Gasteiger partial charge in [0, 0.05) is 40.2 Å². The number of hydrogen-bond acceptors (Lipinski definition) is 9. The van der Waals surface area contributed by atoms with Gasteiger partial charge in [-0.1, -0.05) is 31.1 Å². The molecule has 1 amide bonds. The SMILES string of the molecule is CC(=O)OCC(COC(C)=O)(COC(C)=O)NC(=O)/C=C1/CC[C@H]2[C@@H]3CC=C4C[C@@H](OC(C)=O)CC[C@]4(C)[C@H]3CC[C@]12C. The van der Waals surface area contributed by atoms with Gasteiger partial charge in [-0.2, -0.15) is 0 Å². The van der Waals surface area contributed by atoms with Crippen LogP contribution in [-0.2, 0) is 42.9 Å². The molecule has 0 aromatic carbocycles. The Balaban J connectivity index is 1.53. The molecule has 3 saturated carbocycles. The third-order valence-corrected chi connectivity index (χ3v) is 10.6. The molecule has 0 bridgehead atoms. The Labute approximate surface area is 254 Å². The second-order valence-electron chi connectivity index (χ2n) is 13.5. The fourth-order valence-corrected chi connectivity index (χ4v) is 8.46. The minimum absolute atomic E-state index is 0.0311. The number of nitrogens with one attached hydrogen (secondary N) is 1. The summed E-state index contributed by atoms with van der Waals surface area (Å²) in [5, 5.41) is 2.86. The van der Waals surface area contributed by atoms with Crippen LogP contribution in [0.1, 0.15) is 92.9 Å². The summed E-state index contributed by atoms with van der Waals surface area (Å²) < 4.78 is 21.2. The van der Waals surface area contributed by atoms with E-state index in [-0.39, 0.29) is 42.7 Å². The van der Waals surface area contributed by atoms with Gasteiger partial charge in [-0.3, -0.25) is 24.0 Å². The average Bonchev–Trinajstić information content (AvgIpc) is 3.25. The molecule has 10 nitrogen and oxygen atoms in total. The summed E-state index contributed by atoms with van der Waals surface area (Å²) in [4.78, 5) is 60.0. The van der Waals surface area contributed by atoms with E-state index in [9.17, 15) is 24.0 Å². The van der Waals surface area contributed by atoms with Crippen LogP contribution in [0.5, 0.6) is 0 Å². The lowest BCUT2D eigenvalue weighted by molar-refractivity contribution is -0.156. The van der Waals surface area contributed by atoms with Gasteiger partial charge in [0.05, 0.1) is 0 Å². The van der Waals surface area contributed by atoms with Crippen LogP contribution >= 0.6 is 0 Å². The first kappa shape index (κ1) is 32.7. The van der Waals surface area contributed by atoms with Crippen LogP contribution in [0.15, 0.2) is 23.3 Å².